The summed E-state index contributed by atoms with van der Waals surface area (Å²) < 4.78 is 7.17. The van der Waals surface area contributed by atoms with Gasteiger partial charge >= 0.3 is 5.97 Å². The van der Waals surface area contributed by atoms with E-state index in [1.807, 2.05) is 11.5 Å². The summed E-state index contributed by atoms with van der Waals surface area (Å²) in [6, 6.07) is 2.63. The molecule has 2 aromatic rings. The first-order valence-corrected chi connectivity index (χ1v) is 8.03. The van der Waals surface area contributed by atoms with Crippen LogP contribution in [0.1, 0.15) is 17.2 Å². The Morgan fingerprint density at radius 3 is 2.83 bits per heavy atom. The van der Waals surface area contributed by atoms with Crippen molar-refractivity contribution in [1.82, 2.24) is 19.7 Å². The number of carboxylic acid groups (broad SMARTS) is 1. The van der Waals surface area contributed by atoms with Crippen molar-refractivity contribution in [3.63, 3.8) is 0 Å². The minimum atomic E-state index is -0.902. The number of aromatic nitrogens is 3. The Balaban J connectivity index is 1.95. The van der Waals surface area contributed by atoms with Gasteiger partial charge in [0.2, 0.25) is 0 Å². The number of carboxylic acids is 1. The van der Waals surface area contributed by atoms with E-state index in [4.69, 9.17) is 27.9 Å². The zero-order chi connectivity index (χ0) is 17.4. The lowest BCUT2D eigenvalue weighted by atomic mass is 10.1. The number of benzene rings is 1. The summed E-state index contributed by atoms with van der Waals surface area (Å²) in [5, 5.41) is 18.6. The van der Waals surface area contributed by atoms with E-state index < -0.39 is 12.0 Å². The predicted octanol–water partition coefficient (Wildman–Crippen LogP) is 2.37. The third-order valence-corrected chi connectivity index (χ3v) is 4.60. The van der Waals surface area contributed by atoms with Crippen LogP contribution in [0.25, 0.3) is 0 Å². The van der Waals surface area contributed by atoms with Gasteiger partial charge in [-0.25, -0.2) is 0 Å². The average Bonchev–Trinajstić information content (AvgIpc) is 2.86. The number of nitrogens with zero attached hydrogens (tertiary/aromatic N) is 4. The molecule has 1 aromatic heterocycles. The van der Waals surface area contributed by atoms with E-state index in [1.165, 1.54) is 7.11 Å². The molecule has 1 aliphatic rings. The van der Waals surface area contributed by atoms with E-state index in [9.17, 15) is 9.90 Å². The largest absolute Gasteiger partial charge is 0.495 e. The summed E-state index contributed by atoms with van der Waals surface area (Å²) in [4.78, 5) is 13.5. The molecule has 0 bridgehead atoms. The van der Waals surface area contributed by atoms with Crippen LogP contribution in [0.5, 0.6) is 5.75 Å². The van der Waals surface area contributed by atoms with Gasteiger partial charge in [0, 0.05) is 17.1 Å². The number of fused-ring (bicyclic) bond motifs is 1. The molecular formula is C15H16Cl2N4O3. The van der Waals surface area contributed by atoms with Crippen LogP contribution in [0.15, 0.2) is 12.1 Å². The van der Waals surface area contributed by atoms with E-state index >= 15 is 0 Å². The van der Waals surface area contributed by atoms with Gasteiger partial charge in [0.1, 0.15) is 23.4 Å². The highest BCUT2D eigenvalue weighted by atomic mass is 35.5. The van der Waals surface area contributed by atoms with Crippen LogP contribution in [0.3, 0.4) is 0 Å². The zero-order valence-electron chi connectivity index (χ0n) is 13.2. The van der Waals surface area contributed by atoms with Gasteiger partial charge in [0.25, 0.3) is 0 Å². The van der Waals surface area contributed by atoms with Gasteiger partial charge in [-0.05, 0) is 19.1 Å². The van der Waals surface area contributed by atoms with Crippen LogP contribution >= 0.6 is 23.2 Å². The number of aryl methyl sites for hydroxylation is 1. The fraction of sp³-hybridized carbons (Fsp3) is 0.400. The molecule has 9 heteroatoms. The lowest BCUT2D eigenvalue weighted by Crippen LogP contribution is -2.47. The lowest BCUT2D eigenvalue weighted by Gasteiger charge is -2.33. The Morgan fingerprint density at radius 1 is 1.42 bits per heavy atom. The summed E-state index contributed by atoms with van der Waals surface area (Å²) in [7, 11) is 1.52. The Morgan fingerprint density at radius 2 is 2.17 bits per heavy atom. The monoisotopic (exact) mass is 370 g/mol. The lowest BCUT2D eigenvalue weighted by molar-refractivity contribution is -0.145. The summed E-state index contributed by atoms with van der Waals surface area (Å²) in [5.74, 6) is 1.03. The van der Waals surface area contributed by atoms with Gasteiger partial charge in [-0.2, -0.15) is 0 Å². The summed E-state index contributed by atoms with van der Waals surface area (Å²) in [6.07, 6.45) is 0. The van der Waals surface area contributed by atoms with E-state index in [2.05, 4.69) is 10.2 Å². The molecule has 0 saturated heterocycles. The molecule has 1 N–H and O–H groups in total. The van der Waals surface area contributed by atoms with Crippen molar-refractivity contribution in [1.29, 1.82) is 0 Å². The van der Waals surface area contributed by atoms with Crippen LogP contribution in [-0.2, 0) is 24.4 Å². The molecule has 0 amide bonds. The summed E-state index contributed by atoms with van der Waals surface area (Å²) in [6.45, 7) is 2.79. The molecule has 0 fully saturated rings. The average molecular weight is 371 g/mol. The van der Waals surface area contributed by atoms with Crippen molar-refractivity contribution >= 4 is 29.2 Å². The second-order valence-corrected chi connectivity index (χ2v) is 6.46. The van der Waals surface area contributed by atoms with Crippen molar-refractivity contribution in [3.8, 4) is 5.75 Å². The topological polar surface area (TPSA) is 80.5 Å². The Labute approximate surface area is 148 Å². The van der Waals surface area contributed by atoms with Crippen molar-refractivity contribution in [2.24, 2.45) is 0 Å². The van der Waals surface area contributed by atoms with Crippen molar-refractivity contribution in [2.75, 3.05) is 7.11 Å². The molecule has 0 radical (unpaired) electrons. The Kier molecular flexibility index (Phi) is 4.67. The first kappa shape index (κ1) is 17.0. The SMILES string of the molecule is COc1c(Cl)cc(Cl)cc1CN1Cc2nnc(C)n2CC1C(=O)O. The van der Waals surface area contributed by atoms with Gasteiger partial charge in [0.05, 0.1) is 25.2 Å². The fourth-order valence-electron chi connectivity index (χ4n) is 2.94. The molecule has 128 valence electrons. The number of halogens is 2. The van der Waals surface area contributed by atoms with E-state index in [1.54, 1.807) is 17.0 Å². The molecule has 1 aromatic carbocycles. The Hall–Kier alpha value is -1.83. The second kappa shape index (κ2) is 6.58. The first-order valence-electron chi connectivity index (χ1n) is 7.28. The van der Waals surface area contributed by atoms with Crippen LogP contribution in [0, 0.1) is 6.92 Å². The second-order valence-electron chi connectivity index (χ2n) is 5.61. The molecule has 1 atom stereocenters. The maximum atomic E-state index is 11.7. The van der Waals surface area contributed by atoms with Gasteiger partial charge in [0.15, 0.2) is 0 Å². The molecule has 0 saturated carbocycles. The number of carbonyl (C=O) groups is 1. The number of methoxy groups -OCH3 is 1. The maximum absolute atomic E-state index is 11.7. The molecular weight excluding hydrogens is 355 g/mol. The van der Waals surface area contributed by atoms with Crippen LogP contribution in [-0.4, -0.2) is 43.9 Å². The fourth-order valence-corrected chi connectivity index (χ4v) is 3.55. The number of hydrogen-bond donors (Lipinski definition) is 1. The molecule has 1 aliphatic heterocycles. The molecule has 7 nitrogen and oxygen atoms in total. The van der Waals surface area contributed by atoms with Crippen LogP contribution < -0.4 is 4.74 Å². The molecule has 0 aliphatic carbocycles. The zero-order valence-corrected chi connectivity index (χ0v) is 14.7. The molecule has 2 heterocycles. The maximum Gasteiger partial charge on any atom is 0.322 e. The molecule has 24 heavy (non-hydrogen) atoms. The smallest absolute Gasteiger partial charge is 0.322 e. The van der Waals surface area contributed by atoms with Gasteiger partial charge in [-0.15, -0.1) is 10.2 Å². The third kappa shape index (κ3) is 3.07. The standard InChI is InChI=1S/C15H16Cl2N4O3/c1-8-18-19-13-7-20(12(15(22)23)6-21(8)13)5-9-3-10(16)4-11(17)14(9)24-2/h3-4,12H,5-7H2,1-2H3,(H,22,23). The highest BCUT2D eigenvalue weighted by molar-refractivity contribution is 6.35. The van der Waals surface area contributed by atoms with E-state index in [-0.39, 0.29) is 0 Å². The minimum Gasteiger partial charge on any atom is -0.495 e. The van der Waals surface area contributed by atoms with Crippen LogP contribution in [0.4, 0.5) is 0 Å². The van der Waals surface area contributed by atoms with Crippen molar-refractivity contribution in [2.45, 2.75) is 32.6 Å². The van der Waals surface area contributed by atoms with Gasteiger partial charge < -0.3 is 14.4 Å². The van der Waals surface area contributed by atoms with Crippen molar-refractivity contribution in [3.05, 3.63) is 39.4 Å². The van der Waals surface area contributed by atoms with Crippen LogP contribution in [0.2, 0.25) is 10.0 Å². The normalized spacial score (nSPS) is 17.6. The van der Waals surface area contributed by atoms with E-state index in [0.29, 0.717) is 41.3 Å². The predicted molar refractivity (Wildman–Crippen MR) is 88.4 cm³/mol. The molecule has 0 spiro atoms. The molecule has 1 unspecified atom stereocenters. The Bertz CT molecular complexity index is 793. The highest BCUT2D eigenvalue weighted by Gasteiger charge is 2.34. The summed E-state index contributed by atoms with van der Waals surface area (Å²) >= 11 is 12.2. The number of rotatable bonds is 4. The molecule has 3 rings (SSSR count). The third-order valence-electron chi connectivity index (χ3n) is 4.10. The number of aliphatic carboxylic acids is 1. The first-order chi connectivity index (χ1) is 11.4. The highest BCUT2D eigenvalue weighted by Crippen LogP contribution is 2.34. The minimum absolute atomic E-state index is 0.292. The quantitative estimate of drug-likeness (QED) is 0.889. The van der Waals surface area contributed by atoms with Crippen molar-refractivity contribution < 1.29 is 14.6 Å². The summed E-state index contributed by atoms with van der Waals surface area (Å²) in [5.41, 5.74) is 0.728. The van der Waals surface area contributed by atoms with E-state index in [0.717, 1.165) is 11.4 Å². The van der Waals surface area contributed by atoms with Gasteiger partial charge in [-0.1, -0.05) is 23.2 Å². The number of ether oxygens (including phenoxy) is 1. The number of hydrogen-bond acceptors (Lipinski definition) is 5. The van der Waals surface area contributed by atoms with Gasteiger partial charge in [-0.3, -0.25) is 9.69 Å².